The summed E-state index contributed by atoms with van der Waals surface area (Å²) in [7, 11) is 0. The van der Waals surface area contributed by atoms with Crippen LogP contribution in [0.3, 0.4) is 0 Å². The maximum atomic E-state index is 8.47. The van der Waals surface area contributed by atoms with Gasteiger partial charge in [-0.25, -0.2) is 10.4 Å². The summed E-state index contributed by atoms with van der Waals surface area (Å²) in [6, 6.07) is 17.5. The van der Waals surface area contributed by atoms with Crippen LogP contribution in [0.25, 0.3) is 0 Å². The van der Waals surface area contributed by atoms with Crippen molar-refractivity contribution in [1.82, 2.24) is 4.90 Å². The van der Waals surface area contributed by atoms with Crippen LogP contribution in [0.1, 0.15) is 22.3 Å². The van der Waals surface area contributed by atoms with Crippen molar-refractivity contribution in [2.45, 2.75) is 25.9 Å². The summed E-state index contributed by atoms with van der Waals surface area (Å²) in [4.78, 5) is 15.0. The van der Waals surface area contributed by atoms with E-state index in [1.54, 1.807) is 0 Å². The molecule has 0 radical (unpaired) electrons. The summed E-state index contributed by atoms with van der Waals surface area (Å²) < 4.78 is 0. The van der Waals surface area contributed by atoms with Crippen LogP contribution in [0.4, 0.5) is 0 Å². The number of nitrogens with two attached hydrogens (primary N) is 2. The largest absolute Gasteiger partial charge is 0.472 e. The first-order chi connectivity index (χ1) is 13.0. The van der Waals surface area contributed by atoms with Gasteiger partial charge in [-0.15, -0.1) is 0 Å². The third-order valence-corrected chi connectivity index (χ3v) is 4.40. The lowest BCUT2D eigenvalue weighted by atomic mass is 9.98. The monoisotopic (exact) mass is 372 g/mol. The molecule has 2 aromatic rings. The minimum absolute atomic E-state index is 0.162. The zero-order valence-electron chi connectivity index (χ0n) is 15.2. The molecule has 0 aliphatic carbocycles. The molecule has 1 heterocycles. The van der Waals surface area contributed by atoms with Crippen LogP contribution in [0, 0.1) is 4.91 Å². The van der Waals surface area contributed by atoms with E-state index in [0.29, 0.717) is 6.54 Å². The fraction of sp³-hybridized carbons (Fsp3) is 0.316. The maximum absolute atomic E-state index is 8.47. The Morgan fingerprint density at radius 1 is 0.926 bits per heavy atom. The Balaban J connectivity index is 0.000000596. The van der Waals surface area contributed by atoms with Crippen molar-refractivity contribution < 1.29 is 15.5 Å². The molecule has 8 heteroatoms. The first-order valence-electron chi connectivity index (χ1n) is 8.72. The van der Waals surface area contributed by atoms with Crippen LogP contribution >= 0.6 is 0 Å². The average Bonchev–Trinajstić information content (AvgIpc) is 2.68. The van der Waals surface area contributed by atoms with Gasteiger partial charge in [0.15, 0.2) is 5.96 Å². The lowest BCUT2D eigenvalue weighted by Gasteiger charge is -2.23. The van der Waals surface area contributed by atoms with Crippen LogP contribution in [0.5, 0.6) is 0 Å². The summed E-state index contributed by atoms with van der Waals surface area (Å²) in [5.74, 6) is 0.162. The van der Waals surface area contributed by atoms with Gasteiger partial charge in [-0.2, -0.15) is 0 Å². The number of hydrogen-bond acceptors (Lipinski definition) is 3. The second-order valence-corrected chi connectivity index (χ2v) is 6.31. The zero-order valence-corrected chi connectivity index (χ0v) is 15.2. The Bertz CT molecular complexity index is 737. The third kappa shape index (κ3) is 6.95. The van der Waals surface area contributed by atoms with Gasteiger partial charge in [0, 0.05) is 19.6 Å². The number of nitrogens with zero attached hydrogens (tertiary/aromatic N) is 3. The standard InChI is InChI=1S/C19H24N4.H2NO3/c20-19(21)22-11-12-23-13-17-7-3-1-5-15(17)9-10-16-6-2-4-8-18(16)14-23;2-1(3)4/h1-8H,9-14H2,(H4,20,21,22);(H2,2,3,4)/q;+1. The van der Waals surface area contributed by atoms with Gasteiger partial charge in [0.05, 0.1) is 6.54 Å². The minimum Gasteiger partial charge on any atom is -0.370 e. The van der Waals surface area contributed by atoms with Crippen molar-refractivity contribution in [3.8, 4) is 0 Å². The van der Waals surface area contributed by atoms with Crippen LogP contribution in [-0.2, 0) is 25.9 Å². The Labute approximate surface area is 158 Å². The number of benzene rings is 2. The normalized spacial score (nSPS) is 13.5. The first kappa shape index (κ1) is 20.2. The number of guanidine groups is 1. The lowest BCUT2D eigenvalue weighted by Crippen LogP contribution is -2.28. The van der Waals surface area contributed by atoms with Crippen molar-refractivity contribution in [2.24, 2.45) is 16.5 Å². The van der Waals surface area contributed by atoms with E-state index in [1.165, 1.54) is 22.3 Å². The van der Waals surface area contributed by atoms with Crippen LogP contribution in [0.2, 0.25) is 0 Å². The van der Waals surface area contributed by atoms with Gasteiger partial charge in [-0.05, 0) is 35.1 Å². The molecular formula is C19H26N5O3+. The van der Waals surface area contributed by atoms with Crippen LogP contribution in [0.15, 0.2) is 53.5 Å². The topological polar surface area (TPSA) is 128 Å². The molecule has 8 nitrogen and oxygen atoms in total. The van der Waals surface area contributed by atoms with E-state index in [0.717, 1.165) is 32.5 Å². The highest BCUT2D eigenvalue weighted by Gasteiger charge is 2.14. The van der Waals surface area contributed by atoms with E-state index in [9.17, 15) is 0 Å². The fourth-order valence-electron chi connectivity index (χ4n) is 3.20. The number of aryl methyl sites for hydroxylation is 2. The molecule has 0 aromatic heterocycles. The minimum atomic E-state index is -1.25. The van der Waals surface area contributed by atoms with Crippen molar-refractivity contribution >= 4 is 5.96 Å². The van der Waals surface area contributed by atoms with E-state index >= 15 is 0 Å². The van der Waals surface area contributed by atoms with Crippen molar-refractivity contribution in [1.29, 1.82) is 0 Å². The Kier molecular flexibility index (Phi) is 7.57. The van der Waals surface area contributed by atoms with Crippen molar-refractivity contribution in [3.63, 3.8) is 0 Å². The molecular weight excluding hydrogens is 346 g/mol. The van der Waals surface area contributed by atoms with Gasteiger partial charge < -0.3 is 11.5 Å². The Morgan fingerprint density at radius 3 is 1.74 bits per heavy atom. The van der Waals surface area contributed by atoms with Crippen LogP contribution < -0.4 is 11.5 Å². The molecule has 1 aliphatic heterocycles. The summed E-state index contributed by atoms with van der Waals surface area (Å²) >= 11 is 0. The van der Waals surface area contributed by atoms with E-state index in [2.05, 4.69) is 58.4 Å². The molecule has 3 rings (SSSR count). The Morgan fingerprint density at radius 2 is 1.33 bits per heavy atom. The molecule has 2 aromatic carbocycles. The second-order valence-electron chi connectivity index (χ2n) is 6.31. The smallest absolute Gasteiger partial charge is 0.370 e. The quantitative estimate of drug-likeness (QED) is 0.368. The molecule has 0 atom stereocenters. The van der Waals surface area contributed by atoms with Crippen molar-refractivity contribution in [2.75, 3.05) is 13.1 Å². The predicted octanol–water partition coefficient (Wildman–Crippen LogP) is 1.60. The van der Waals surface area contributed by atoms with Gasteiger partial charge in [0.25, 0.3) is 0 Å². The van der Waals surface area contributed by atoms with Crippen molar-refractivity contribution in [3.05, 3.63) is 75.7 Å². The molecule has 1 aliphatic rings. The van der Waals surface area contributed by atoms with E-state index in [1.807, 2.05) is 0 Å². The highest BCUT2D eigenvalue weighted by Crippen LogP contribution is 2.21. The molecule has 0 spiro atoms. The van der Waals surface area contributed by atoms with Gasteiger partial charge >= 0.3 is 5.09 Å². The van der Waals surface area contributed by atoms with E-state index < -0.39 is 5.09 Å². The van der Waals surface area contributed by atoms with Gasteiger partial charge in [-0.1, -0.05) is 48.5 Å². The first-order valence-corrected chi connectivity index (χ1v) is 8.72. The fourth-order valence-corrected chi connectivity index (χ4v) is 3.20. The highest BCUT2D eigenvalue weighted by atomic mass is 16.9. The summed E-state index contributed by atoms with van der Waals surface area (Å²) in [6.07, 6.45) is 2.18. The number of fused-ring (bicyclic) bond motifs is 2. The summed E-state index contributed by atoms with van der Waals surface area (Å²) in [5.41, 5.74) is 16.6. The molecule has 144 valence electrons. The second kappa shape index (κ2) is 10.1. The molecule has 27 heavy (non-hydrogen) atoms. The van der Waals surface area contributed by atoms with E-state index in [-0.39, 0.29) is 5.96 Å². The highest BCUT2D eigenvalue weighted by molar-refractivity contribution is 5.75. The Hall–Kier alpha value is -3.13. The molecule has 0 saturated heterocycles. The number of aliphatic imine (C=N–C) groups is 1. The van der Waals surface area contributed by atoms with Gasteiger partial charge in [0.2, 0.25) is 0 Å². The molecule has 6 N–H and O–H groups in total. The number of rotatable bonds is 3. The van der Waals surface area contributed by atoms with E-state index in [4.69, 9.17) is 26.8 Å². The SMILES string of the molecule is NC(N)=NCCN1Cc2ccccc2CCc2ccccc2C1.O=[N+](O)O. The zero-order chi connectivity index (χ0) is 19.6. The molecule has 0 saturated carbocycles. The maximum Gasteiger partial charge on any atom is 0.472 e. The molecule has 0 bridgehead atoms. The molecule has 0 fully saturated rings. The van der Waals surface area contributed by atoms with Crippen LogP contribution in [-0.4, -0.2) is 39.5 Å². The number of hydrogen-bond donors (Lipinski definition) is 4. The summed E-state index contributed by atoms with van der Waals surface area (Å²) in [6.45, 7) is 3.35. The average molecular weight is 372 g/mol. The lowest BCUT2D eigenvalue weighted by molar-refractivity contribution is -0.969. The van der Waals surface area contributed by atoms with Gasteiger partial charge in [0.1, 0.15) is 4.91 Å². The molecule has 0 amide bonds. The summed E-state index contributed by atoms with van der Waals surface area (Å²) in [5, 5.41) is 12.5. The molecule has 0 unspecified atom stereocenters. The predicted molar refractivity (Wildman–Crippen MR) is 102 cm³/mol. The van der Waals surface area contributed by atoms with Gasteiger partial charge in [-0.3, -0.25) is 9.89 Å². The third-order valence-electron chi connectivity index (χ3n) is 4.40.